The first-order valence-corrected chi connectivity index (χ1v) is 6.94. The minimum absolute atomic E-state index is 0.0393. The number of hydrogen-bond acceptors (Lipinski definition) is 3. The smallest absolute Gasteiger partial charge is 0.0795 e. The summed E-state index contributed by atoms with van der Waals surface area (Å²) in [6.07, 6.45) is 0. The maximum Gasteiger partial charge on any atom is 0.0795 e. The van der Waals surface area contributed by atoms with Gasteiger partial charge in [0.1, 0.15) is 0 Å². The number of aromatic nitrogens is 1. The molecule has 0 bridgehead atoms. The molecule has 1 aromatic carbocycles. The van der Waals surface area contributed by atoms with E-state index in [1.54, 1.807) is 29.0 Å². The van der Waals surface area contributed by atoms with Crippen molar-refractivity contribution in [3.8, 4) is 0 Å². The van der Waals surface area contributed by atoms with Gasteiger partial charge in [-0.15, -0.1) is 11.3 Å². The second kappa shape index (κ2) is 5.44. The van der Waals surface area contributed by atoms with Crippen LogP contribution in [0.15, 0.2) is 23.0 Å². The molecule has 2 aromatic rings. The monoisotopic (exact) mass is 306 g/mol. The Kier molecular flexibility index (Phi) is 4.15. The van der Waals surface area contributed by atoms with Gasteiger partial charge in [0.2, 0.25) is 0 Å². The third-order valence-corrected chi connectivity index (χ3v) is 3.68. The van der Waals surface area contributed by atoms with Crippen LogP contribution in [0.1, 0.15) is 18.7 Å². The lowest BCUT2D eigenvalue weighted by Gasteiger charge is -2.16. The molecule has 17 heavy (non-hydrogen) atoms. The Morgan fingerprint density at radius 2 is 1.88 bits per heavy atom. The highest BCUT2D eigenvalue weighted by Gasteiger charge is 2.13. The number of anilines is 1. The van der Waals surface area contributed by atoms with Crippen LogP contribution in [0.2, 0.25) is 15.1 Å². The van der Waals surface area contributed by atoms with Crippen molar-refractivity contribution in [2.24, 2.45) is 0 Å². The number of hydrogen-bond donors (Lipinski definition) is 1. The van der Waals surface area contributed by atoms with Gasteiger partial charge in [-0.05, 0) is 19.1 Å². The molecule has 0 aliphatic rings. The molecule has 2 rings (SSSR count). The molecule has 0 saturated carbocycles. The van der Waals surface area contributed by atoms with Crippen LogP contribution in [0.25, 0.3) is 0 Å². The van der Waals surface area contributed by atoms with E-state index >= 15 is 0 Å². The average molecular weight is 308 g/mol. The van der Waals surface area contributed by atoms with Gasteiger partial charge in [0.15, 0.2) is 0 Å². The predicted octanol–water partition coefficient (Wildman–Crippen LogP) is 5.28. The molecule has 1 unspecified atom stereocenters. The lowest BCUT2D eigenvalue weighted by molar-refractivity contribution is 0.850. The van der Waals surface area contributed by atoms with Crippen molar-refractivity contribution >= 4 is 51.8 Å². The highest BCUT2D eigenvalue weighted by Crippen LogP contribution is 2.35. The van der Waals surface area contributed by atoms with Gasteiger partial charge in [-0.25, -0.2) is 4.98 Å². The lowest BCUT2D eigenvalue weighted by Crippen LogP contribution is -2.07. The van der Waals surface area contributed by atoms with Crippen LogP contribution >= 0.6 is 46.1 Å². The van der Waals surface area contributed by atoms with E-state index in [4.69, 9.17) is 34.8 Å². The zero-order chi connectivity index (χ0) is 12.4. The number of nitrogens with one attached hydrogen (secondary N) is 1. The maximum absolute atomic E-state index is 6.09. The third kappa shape index (κ3) is 3.05. The van der Waals surface area contributed by atoms with E-state index in [9.17, 15) is 0 Å². The van der Waals surface area contributed by atoms with E-state index in [2.05, 4.69) is 10.3 Å². The van der Waals surface area contributed by atoms with Crippen LogP contribution in [0, 0.1) is 0 Å². The summed E-state index contributed by atoms with van der Waals surface area (Å²) in [5, 5.41) is 6.74. The van der Waals surface area contributed by atoms with Crippen molar-refractivity contribution in [3.63, 3.8) is 0 Å². The lowest BCUT2D eigenvalue weighted by atomic mass is 10.2. The van der Waals surface area contributed by atoms with Crippen molar-refractivity contribution in [3.05, 3.63) is 43.8 Å². The fourth-order valence-corrected chi connectivity index (χ4v) is 2.98. The number of halogens is 3. The highest BCUT2D eigenvalue weighted by atomic mass is 35.5. The minimum Gasteiger partial charge on any atom is -0.375 e. The van der Waals surface area contributed by atoms with E-state index in [0.717, 1.165) is 5.69 Å². The molecule has 0 aliphatic heterocycles. The van der Waals surface area contributed by atoms with E-state index in [0.29, 0.717) is 20.8 Å². The quantitative estimate of drug-likeness (QED) is 0.835. The molecule has 1 heterocycles. The summed E-state index contributed by atoms with van der Waals surface area (Å²) in [7, 11) is 0. The van der Waals surface area contributed by atoms with Crippen molar-refractivity contribution in [2.45, 2.75) is 13.0 Å². The van der Waals surface area contributed by atoms with Crippen LogP contribution in [-0.4, -0.2) is 4.98 Å². The normalized spacial score (nSPS) is 12.5. The van der Waals surface area contributed by atoms with Crippen molar-refractivity contribution in [2.75, 3.05) is 5.32 Å². The second-order valence-corrected chi connectivity index (χ2v) is 5.49. The Balaban J connectivity index is 2.25. The molecule has 0 saturated heterocycles. The predicted molar refractivity (Wildman–Crippen MR) is 75.6 cm³/mol. The van der Waals surface area contributed by atoms with Gasteiger partial charge in [0.25, 0.3) is 0 Å². The van der Waals surface area contributed by atoms with Gasteiger partial charge in [-0.2, -0.15) is 0 Å². The van der Waals surface area contributed by atoms with Crippen molar-refractivity contribution < 1.29 is 0 Å². The first-order chi connectivity index (χ1) is 8.08. The van der Waals surface area contributed by atoms with Crippen molar-refractivity contribution in [1.82, 2.24) is 4.98 Å². The molecular formula is C11H9Cl3N2S. The Morgan fingerprint density at radius 1 is 1.24 bits per heavy atom. The van der Waals surface area contributed by atoms with Crippen LogP contribution in [0.3, 0.4) is 0 Å². The number of thiazole rings is 1. The molecular weight excluding hydrogens is 299 g/mol. The summed E-state index contributed by atoms with van der Waals surface area (Å²) in [6.45, 7) is 2.00. The SMILES string of the molecule is CC(Nc1c(Cl)cc(Cl)cc1Cl)c1cscn1. The Morgan fingerprint density at radius 3 is 2.41 bits per heavy atom. The number of benzene rings is 1. The Hall–Kier alpha value is -0.480. The highest BCUT2D eigenvalue weighted by molar-refractivity contribution is 7.07. The minimum atomic E-state index is 0.0393. The molecule has 0 aliphatic carbocycles. The average Bonchev–Trinajstić information content (AvgIpc) is 2.76. The van der Waals surface area contributed by atoms with Crippen molar-refractivity contribution in [1.29, 1.82) is 0 Å². The van der Waals surface area contributed by atoms with Crippen LogP contribution < -0.4 is 5.32 Å². The molecule has 1 N–H and O–H groups in total. The summed E-state index contributed by atoms with van der Waals surface area (Å²) >= 11 is 19.6. The number of rotatable bonds is 3. The summed E-state index contributed by atoms with van der Waals surface area (Å²) in [5.41, 5.74) is 3.42. The van der Waals surface area contributed by atoms with E-state index in [1.165, 1.54) is 0 Å². The first-order valence-electron chi connectivity index (χ1n) is 4.87. The Bertz CT molecular complexity index is 490. The Labute approximate surface area is 119 Å². The summed E-state index contributed by atoms with van der Waals surface area (Å²) in [5.74, 6) is 0. The summed E-state index contributed by atoms with van der Waals surface area (Å²) in [4.78, 5) is 4.23. The van der Waals surface area contributed by atoms with E-state index < -0.39 is 0 Å². The van der Waals surface area contributed by atoms with Gasteiger partial charge in [0, 0.05) is 10.4 Å². The third-order valence-electron chi connectivity index (χ3n) is 2.26. The molecule has 90 valence electrons. The summed E-state index contributed by atoms with van der Waals surface area (Å²) < 4.78 is 0. The standard InChI is InChI=1S/C11H9Cl3N2S/c1-6(10-4-17-5-15-10)16-11-8(13)2-7(12)3-9(11)14/h2-6,16H,1H3. The van der Waals surface area contributed by atoms with Gasteiger partial charge in [-0.1, -0.05) is 34.8 Å². The van der Waals surface area contributed by atoms with Crippen LogP contribution in [0.5, 0.6) is 0 Å². The molecule has 0 radical (unpaired) electrons. The molecule has 0 amide bonds. The second-order valence-electron chi connectivity index (χ2n) is 3.52. The molecule has 2 nitrogen and oxygen atoms in total. The topological polar surface area (TPSA) is 24.9 Å². The maximum atomic E-state index is 6.09. The fraction of sp³-hybridized carbons (Fsp3) is 0.182. The van der Waals surface area contributed by atoms with E-state index in [-0.39, 0.29) is 6.04 Å². The van der Waals surface area contributed by atoms with Gasteiger partial charge in [0.05, 0.1) is 33.0 Å². The number of nitrogens with zero attached hydrogens (tertiary/aromatic N) is 1. The molecule has 6 heteroatoms. The van der Waals surface area contributed by atoms with E-state index in [1.807, 2.05) is 12.3 Å². The molecule has 0 fully saturated rings. The zero-order valence-electron chi connectivity index (χ0n) is 8.88. The first kappa shape index (κ1) is 13.0. The molecule has 0 spiro atoms. The molecule has 1 aromatic heterocycles. The summed E-state index contributed by atoms with van der Waals surface area (Å²) in [6, 6.07) is 3.35. The fourth-order valence-electron chi connectivity index (χ4n) is 1.41. The van der Waals surface area contributed by atoms with Gasteiger partial charge >= 0.3 is 0 Å². The molecule has 1 atom stereocenters. The largest absolute Gasteiger partial charge is 0.375 e. The van der Waals surface area contributed by atoms with Gasteiger partial charge < -0.3 is 5.32 Å². The van der Waals surface area contributed by atoms with Crippen LogP contribution in [-0.2, 0) is 0 Å². The zero-order valence-corrected chi connectivity index (χ0v) is 12.0. The van der Waals surface area contributed by atoms with Crippen LogP contribution in [0.4, 0.5) is 5.69 Å². The van der Waals surface area contributed by atoms with Gasteiger partial charge in [-0.3, -0.25) is 0 Å².